The van der Waals surface area contributed by atoms with Crippen LogP contribution in [0.1, 0.15) is 49.9 Å². The lowest BCUT2D eigenvalue weighted by atomic mass is 10.1. The van der Waals surface area contributed by atoms with Crippen LogP contribution in [0, 0.1) is 20.8 Å². The first-order chi connectivity index (χ1) is 18.2. The first-order valence-electron chi connectivity index (χ1n) is 13.0. The van der Waals surface area contributed by atoms with Gasteiger partial charge in [0.05, 0.1) is 10.6 Å². The molecule has 0 heterocycles. The maximum absolute atomic E-state index is 14.0. The SMILES string of the molecule is Cc1ccc(CN(C(=O)CN(c2ccc(C)cc2C)S(=O)(=O)c2ccccc2)[C@H](C)C(=O)NC(C)(C)C)cc1. The fraction of sp³-hybridized carbons (Fsp3) is 0.355. The number of benzene rings is 3. The predicted molar refractivity (Wildman–Crippen MR) is 156 cm³/mol. The molecule has 0 saturated carbocycles. The van der Waals surface area contributed by atoms with E-state index in [1.807, 2.05) is 77.9 Å². The van der Waals surface area contributed by atoms with Gasteiger partial charge in [-0.05, 0) is 77.8 Å². The summed E-state index contributed by atoms with van der Waals surface area (Å²) in [5.41, 5.74) is 3.54. The Morgan fingerprint density at radius 3 is 2.03 bits per heavy atom. The molecule has 0 aliphatic heterocycles. The summed E-state index contributed by atoms with van der Waals surface area (Å²) >= 11 is 0. The Kier molecular flexibility index (Phi) is 9.22. The molecule has 0 aromatic heterocycles. The van der Waals surface area contributed by atoms with Gasteiger partial charge < -0.3 is 10.2 Å². The molecule has 0 saturated heterocycles. The van der Waals surface area contributed by atoms with Crippen LogP contribution in [-0.2, 0) is 26.2 Å². The van der Waals surface area contributed by atoms with Crippen LogP contribution in [0.2, 0.25) is 0 Å². The minimum atomic E-state index is -4.09. The molecule has 3 aromatic carbocycles. The summed E-state index contributed by atoms with van der Waals surface area (Å²) in [6.45, 7) is 12.7. The van der Waals surface area contributed by atoms with Crippen molar-refractivity contribution >= 4 is 27.5 Å². The molecule has 0 bridgehead atoms. The Hall–Kier alpha value is -3.65. The van der Waals surface area contributed by atoms with E-state index in [2.05, 4.69) is 5.32 Å². The van der Waals surface area contributed by atoms with Crippen LogP contribution in [0.4, 0.5) is 5.69 Å². The normalized spacial score (nSPS) is 12.5. The van der Waals surface area contributed by atoms with Crippen LogP contribution in [0.5, 0.6) is 0 Å². The van der Waals surface area contributed by atoms with E-state index < -0.39 is 34.1 Å². The second-order valence-corrected chi connectivity index (χ2v) is 12.9. The number of amides is 2. The first kappa shape index (κ1) is 29.9. The largest absolute Gasteiger partial charge is 0.350 e. The highest BCUT2D eigenvalue weighted by Gasteiger charge is 2.33. The van der Waals surface area contributed by atoms with Crippen molar-refractivity contribution in [3.05, 3.63) is 95.1 Å². The van der Waals surface area contributed by atoms with Crippen LogP contribution in [0.15, 0.2) is 77.7 Å². The number of carbonyl (C=O) groups is 2. The number of carbonyl (C=O) groups excluding carboxylic acids is 2. The maximum atomic E-state index is 14.0. The van der Waals surface area contributed by atoms with Gasteiger partial charge in [0.2, 0.25) is 11.8 Å². The number of hydrogen-bond acceptors (Lipinski definition) is 4. The zero-order chi connectivity index (χ0) is 29.0. The summed E-state index contributed by atoms with van der Waals surface area (Å²) in [5.74, 6) is -0.793. The van der Waals surface area contributed by atoms with Gasteiger partial charge in [-0.2, -0.15) is 0 Å². The van der Waals surface area contributed by atoms with E-state index in [1.165, 1.54) is 17.0 Å². The number of rotatable bonds is 9. The molecule has 208 valence electrons. The van der Waals surface area contributed by atoms with E-state index in [9.17, 15) is 18.0 Å². The Bertz CT molecular complexity index is 1410. The van der Waals surface area contributed by atoms with E-state index in [1.54, 1.807) is 31.2 Å². The smallest absolute Gasteiger partial charge is 0.264 e. The molecular weight excluding hydrogens is 510 g/mol. The average molecular weight is 550 g/mol. The summed E-state index contributed by atoms with van der Waals surface area (Å²) in [6.07, 6.45) is 0. The van der Waals surface area contributed by atoms with Gasteiger partial charge >= 0.3 is 0 Å². The van der Waals surface area contributed by atoms with Gasteiger partial charge in [-0.3, -0.25) is 13.9 Å². The quantitative estimate of drug-likeness (QED) is 0.401. The molecule has 0 aliphatic rings. The third-order valence-corrected chi connectivity index (χ3v) is 8.14. The molecule has 39 heavy (non-hydrogen) atoms. The Morgan fingerprint density at radius 2 is 1.46 bits per heavy atom. The zero-order valence-corrected chi connectivity index (χ0v) is 24.7. The van der Waals surface area contributed by atoms with Crippen LogP contribution in [-0.4, -0.2) is 43.3 Å². The lowest BCUT2D eigenvalue weighted by molar-refractivity contribution is -0.140. The molecule has 3 rings (SSSR count). The zero-order valence-electron chi connectivity index (χ0n) is 23.9. The average Bonchev–Trinajstić information content (AvgIpc) is 2.86. The minimum absolute atomic E-state index is 0.0846. The van der Waals surface area contributed by atoms with Gasteiger partial charge in [-0.1, -0.05) is 65.7 Å². The number of aryl methyl sites for hydroxylation is 3. The van der Waals surface area contributed by atoms with Crippen molar-refractivity contribution in [3.63, 3.8) is 0 Å². The Morgan fingerprint density at radius 1 is 0.872 bits per heavy atom. The molecule has 1 N–H and O–H groups in total. The van der Waals surface area contributed by atoms with E-state index in [-0.39, 0.29) is 17.3 Å². The Balaban J connectivity index is 2.05. The summed E-state index contributed by atoms with van der Waals surface area (Å²) in [5, 5.41) is 2.94. The topological polar surface area (TPSA) is 86.8 Å². The van der Waals surface area contributed by atoms with Crippen molar-refractivity contribution in [2.45, 2.75) is 71.5 Å². The fourth-order valence-electron chi connectivity index (χ4n) is 4.27. The van der Waals surface area contributed by atoms with Crippen LogP contribution >= 0.6 is 0 Å². The molecule has 0 fully saturated rings. The molecule has 1 atom stereocenters. The van der Waals surface area contributed by atoms with Crippen molar-refractivity contribution in [3.8, 4) is 0 Å². The lowest BCUT2D eigenvalue weighted by Gasteiger charge is -2.34. The molecule has 0 aliphatic carbocycles. The fourth-order valence-corrected chi connectivity index (χ4v) is 5.76. The molecule has 0 spiro atoms. The lowest BCUT2D eigenvalue weighted by Crippen LogP contribution is -2.54. The van der Waals surface area contributed by atoms with Crippen molar-refractivity contribution in [2.75, 3.05) is 10.8 Å². The van der Waals surface area contributed by atoms with Crippen LogP contribution in [0.3, 0.4) is 0 Å². The summed E-state index contributed by atoms with van der Waals surface area (Å²) < 4.78 is 28.9. The van der Waals surface area contributed by atoms with Gasteiger partial charge in [0, 0.05) is 12.1 Å². The highest BCUT2D eigenvalue weighted by atomic mass is 32.2. The molecule has 3 aromatic rings. The highest BCUT2D eigenvalue weighted by molar-refractivity contribution is 7.92. The van der Waals surface area contributed by atoms with Gasteiger partial charge in [-0.25, -0.2) is 8.42 Å². The molecule has 0 unspecified atom stereocenters. The van der Waals surface area contributed by atoms with Crippen molar-refractivity contribution in [1.82, 2.24) is 10.2 Å². The van der Waals surface area contributed by atoms with Gasteiger partial charge in [0.1, 0.15) is 12.6 Å². The van der Waals surface area contributed by atoms with Crippen molar-refractivity contribution in [1.29, 1.82) is 0 Å². The Labute approximate surface area is 232 Å². The summed E-state index contributed by atoms with van der Waals surface area (Å²) in [7, 11) is -4.09. The van der Waals surface area contributed by atoms with Crippen molar-refractivity contribution in [2.24, 2.45) is 0 Å². The predicted octanol–water partition coefficient (Wildman–Crippen LogP) is 5.14. The number of hydrogen-bond donors (Lipinski definition) is 1. The standard InChI is InChI=1S/C31H39N3O4S/c1-22-13-16-26(17-14-22)20-33(25(4)30(36)32-31(5,6)7)29(35)21-34(28-18-15-23(2)19-24(28)3)39(37,38)27-11-9-8-10-12-27/h8-19,25H,20-21H2,1-7H3,(H,32,36)/t25-/m1/s1. The first-order valence-corrected chi connectivity index (χ1v) is 14.4. The monoisotopic (exact) mass is 549 g/mol. The van der Waals surface area contributed by atoms with E-state index in [0.717, 1.165) is 26.6 Å². The number of nitrogens with zero attached hydrogens (tertiary/aromatic N) is 2. The third-order valence-electron chi connectivity index (χ3n) is 6.37. The second kappa shape index (κ2) is 12.0. The van der Waals surface area contributed by atoms with E-state index in [4.69, 9.17) is 0 Å². The molecule has 2 amide bonds. The number of anilines is 1. The summed E-state index contributed by atoms with van der Waals surface area (Å²) in [4.78, 5) is 28.7. The van der Waals surface area contributed by atoms with E-state index in [0.29, 0.717) is 5.69 Å². The molecular formula is C31H39N3O4S. The van der Waals surface area contributed by atoms with Gasteiger partial charge in [0.15, 0.2) is 0 Å². The maximum Gasteiger partial charge on any atom is 0.264 e. The number of sulfonamides is 1. The van der Waals surface area contributed by atoms with E-state index >= 15 is 0 Å². The highest BCUT2D eigenvalue weighted by Crippen LogP contribution is 2.28. The molecule has 8 heteroatoms. The summed E-state index contributed by atoms with van der Waals surface area (Å²) in [6, 6.07) is 20.4. The van der Waals surface area contributed by atoms with Gasteiger partial charge in [-0.15, -0.1) is 0 Å². The third kappa shape index (κ3) is 7.69. The molecule has 0 radical (unpaired) electrons. The van der Waals surface area contributed by atoms with Crippen LogP contribution in [0.25, 0.3) is 0 Å². The van der Waals surface area contributed by atoms with Crippen molar-refractivity contribution < 1.29 is 18.0 Å². The van der Waals surface area contributed by atoms with Gasteiger partial charge in [0.25, 0.3) is 10.0 Å². The molecule has 7 nitrogen and oxygen atoms in total. The second-order valence-electron chi connectivity index (χ2n) is 11.0. The minimum Gasteiger partial charge on any atom is -0.350 e. The number of nitrogens with one attached hydrogen (secondary N) is 1. The van der Waals surface area contributed by atoms with Crippen LogP contribution < -0.4 is 9.62 Å².